The van der Waals surface area contributed by atoms with E-state index in [-0.39, 0.29) is 22.6 Å². The first-order valence-electron chi connectivity index (χ1n) is 8.80. The van der Waals surface area contributed by atoms with Crippen molar-refractivity contribution in [2.45, 2.75) is 57.2 Å². The summed E-state index contributed by atoms with van der Waals surface area (Å²) in [6, 6.07) is 3.37. The van der Waals surface area contributed by atoms with Gasteiger partial charge in [0.05, 0.1) is 11.0 Å². The number of likely N-dealkylation sites (tertiary alicyclic amines) is 1. The average molecular weight is 336 g/mol. The van der Waals surface area contributed by atoms with Crippen molar-refractivity contribution >= 4 is 5.69 Å². The molecule has 0 bridgehead atoms. The molecule has 3 rings (SSSR count). The molecule has 2 fully saturated rings. The molecule has 132 valence electrons. The maximum Gasteiger partial charge on any atom is 0.311 e. The van der Waals surface area contributed by atoms with Gasteiger partial charge in [0.1, 0.15) is 6.17 Å². The normalized spacial score (nSPS) is 24.8. The van der Waals surface area contributed by atoms with Gasteiger partial charge in [-0.15, -0.1) is 0 Å². The van der Waals surface area contributed by atoms with Crippen LogP contribution in [0.2, 0.25) is 0 Å². The second-order valence-electron chi connectivity index (χ2n) is 7.02. The highest BCUT2D eigenvalue weighted by molar-refractivity contribution is 5.54. The summed E-state index contributed by atoms with van der Waals surface area (Å²) in [6.07, 6.45) is 3.32. The Morgan fingerprint density at radius 2 is 2.12 bits per heavy atom. The molecule has 1 heterocycles. The lowest BCUT2D eigenvalue weighted by atomic mass is 9.84. The van der Waals surface area contributed by atoms with E-state index in [4.69, 9.17) is 4.74 Å². The fourth-order valence-electron chi connectivity index (χ4n) is 3.47. The topological polar surface area (TPSA) is 55.6 Å². The zero-order chi connectivity index (χ0) is 17.3. The molecule has 0 N–H and O–H groups in total. The van der Waals surface area contributed by atoms with Crippen molar-refractivity contribution in [1.82, 2.24) is 4.90 Å². The second kappa shape index (κ2) is 7.05. The number of ether oxygens (including phenoxy) is 1. The molecule has 2 aliphatic rings. The number of halogens is 1. The van der Waals surface area contributed by atoms with Crippen LogP contribution in [0, 0.1) is 10.1 Å². The van der Waals surface area contributed by atoms with Crippen molar-refractivity contribution in [3.63, 3.8) is 0 Å². The molecule has 0 spiro atoms. The van der Waals surface area contributed by atoms with Gasteiger partial charge in [-0.1, -0.05) is 13.3 Å². The van der Waals surface area contributed by atoms with Gasteiger partial charge in [-0.3, -0.25) is 10.1 Å². The van der Waals surface area contributed by atoms with E-state index in [1.807, 2.05) is 18.9 Å². The minimum atomic E-state index is -0.949. The van der Waals surface area contributed by atoms with Crippen LogP contribution in [-0.2, 0) is 6.42 Å². The van der Waals surface area contributed by atoms with Crippen molar-refractivity contribution < 1.29 is 14.1 Å². The molecule has 1 aliphatic heterocycles. The predicted molar refractivity (Wildman–Crippen MR) is 90.5 cm³/mol. The predicted octanol–water partition coefficient (Wildman–Crippen LogP) is 3.85. The molecule has 24 heavy (non-hydrogen) atoms. The van der Waals surface area contributed by atoms with Crippen LogP contribution in [0.1, 0.15) is 49.7 Å². The Labute approximate surface area is 141 Å². The molecule has 1 aliphatic carbocycles. The highest BCUT2D eigenvalue weighted by Gasteiger charge is 2.34. The SMILES string of the molecule is CCCc1cc([N+](=O)[O-])c(OC2CC2)cc1C1CCN(C)CC1F. The molecule has 2 atom stereocenters. The summed E-state index contributed by atoms with van der Waals surface area (Å²) in [7, 11) is 1.92. The molecule has 0 radical (unpaired) electrons. The van der Waals surface area contributed by atoms with E-state index in [1.165, 1.54) is 0 Å². The van der Waals surface area contributed by atoms with Gasteiger partial charge >= 0.3 is 5.69 Å². The third-order valence-corrected chi connectivity index (χ3v) is 4.90. The zero-order valence-corrected chi connectivity index (χ0v) is 14.3. The molecule has 1 aromatic rings. The minimum Gasteiger partial charge on any atom is -0.483 e. The Morgan fingerprint density at radius 3 is 2.71 bits per heavy atom. The first-order chi connectivity index (χ1) is 11.5. The number of aryl methyl sites for hydroxylation is 1. The summed E-state index contributed by atoms with van der Waals surface area (Å²) in [6.45, 7) is 3.28. The van der Waals surface area contributed by atoms with Crippen LogP contribution in [0.25, 0.3) is 0 Å². The van der Waals surface area contributed by atoms with Crippen LogP contribution >= 0.6 is 0 Å². The Morgan fingerprint density at radius 1 is 1.38 bits per heavy atom. The average Bonchev–Trinajstić information content (AvgIpc) is 3.33. The number of hydrogen-bond donors (Lipinski definition) is 0. The van der Waals surface area contributed by atoms with E-state index in [9.17, 15) is 14.5 Å². The maximum absolute atomic E-state index is 14.7. The quantitative estimate of drug-likeness (QED) is 0.585. The maximum atomic E-state index is 14.7. The molecule has 0 amide bonds. The lowest BCUT2D eigenvalue weighted by Gasteiger charge is -2.33. The Balaban J connectivity index is 1.99. The highest BCUT2D eigenvalue weighted by atomic mass is 19.1. The smallest absolute Gasteiger partial charge is 0.311 e. The summed E-state index contributed by atoms with van der Waals surface area (Å²) in [5, 5.41) is 11.4. The van der Waals surface area contributed by atoms with Crippen LogP contribution in [-0.4, -0.2) is 42.2 Å². The fourth-order valence-corrected chi connectivity index (χ4v) is 3.47. The van der Waals surface area contributed by atoms with Gasteiger partial charge < -0.3 is 9.64 Å². The van der Waals surface area contributed by atoms with Gasteiger partial charge in [-0.2, -0.15) is 0 Å². The van der Waals surface area contributed by atoms with Crippen molar-refractivity contribution in [1.29, 1.82) is 0 Å². The Kier molecular flexibility index (Phi) is 5.04. The van der Waals surface area contributed by atoms with E-state index in [1.54, 1.807) is 12.1 Å². The van der Waals surface area contributed by atoms with Gasteiger partial charge in [0.15, 0.2) is 5.75 Å². The first-order valence-corrected chi connectivity index (χ1v) is 8.80. The largest absolute Gasteiger partial charge is 0.483 e. The van der Waals surface area contributed by atoms with E-state index in [0.29, 0.717) is 12.3 Å². The van der Waals surface area contributed by atoms with E-state index < -0.39 is 6.17 Å². The Hall–Kier alpha value is -1.69. The molecule has 0 aromatic heterocycles. The number of nitrogens with zero attached hydrogens (tertiary/aromatic N) is 2. The fraction of sp³-hybridized carbons (Fsp3) is 0.667. The standard InChI is InChI=1S/C18H25FN2O3/c1-3-4-12-9-17(21(22)23)18(24-13-5-6-13)10-15(12)14-7-8-20(2)11-16(14)19/h9-10,13-14,16H,3-8,11H2,1-2H3. The number of rotatable bonds is 6. The van der Waals surface area contributed by atoms with Crippen molar-refractivity contribution in [2.75, 3.05) is 20.1 Å². The zero-order valence-electron chi connectivity index (χ0n) is 14.3. The van der Waals surface area contributed by atoms with E-state index >= 15 is 0 Å². The van der Waals surface area contributed by atoms with Gasteiger partial charge in [0.2, 0.25) is 0 Å². The van der Waals surface area contributed by atoms with E-state index in [2.05, 4.69) is 0 Å². The van der Waals surface area contributed by atoms with Crippen LogP contribution < -0.4 is 4.74 Å². The van der Waals surface area contributed by atoms with Crippen molar-refractivity contribution in [3.05, 3.63) is 33.4 Å². The molecular formula is C18H25FN2O3. The third-order valence-electron chi connectivity index (χ3n) is 4.90. The number of nitro benzene ring substituents is 1. The highest BCUT2D eigenvalue weighted by Crippen LogP contribution is 2.41. The molecular weight excluding hydrogens is 311 g/mol. The van der Waals surface area contributed by atoms with Crippen LogP contribution in [0.5, 0.6) is 5.75 Å². The molecule has 2 unspecified atom stereocenters. The summed E-state index contributed by atoms with van der Waals surface area (Å²) in [5.74, 6) is 0.105. The summed E-state index contributed by atoms with van der Waals surface area (Å²) in [4.78, 5) is 13.0. The number of piperidine rings is 1. The van der Waals surface area contributed by atoms with Crippen LogP contribution in [0.4, 0.5) is 10.1 Å². The molecule has 1 saturated carbocycles. The minimum absolute atomic E-state index is 0.0115. The molecule has 1 aromatic carbocycles. The third kappa shape index (κ3) is 3.69. The lowest BCUT2D eigenvalue weighted by molar-refractivity contribution is -0.386. The molecule has 6 heteroatoms. The van der Waals surface area contributed by atoms with Gasteiger partial charge in [-0.25, -0.2) is 4.39 Å². The van der Waals surface area contributed by atoms with Gasteiger partial charge in [-0.05, 0) is 56.5 Å². The number of nitro groups is 1. The van der Waals surface area contributed by atoms with Crippen LogP contribution in [0.3, 0.4) is 0 Å². The van der Waals surface area contributed by atoms with Crippen molar-refractivity contribution in [2.24, 2.45) is 0 Å². The monoisotopic (exact) mass is 336 g/mol. The van der Waals surface area contributed by atoms with E-state index in [0.717, 1.165) is 49.8 Å². The van der Waals surface area contributed by atoms with Crippen LogP contribution in [0.15, 0.2) is 12.1 Å². The molecule has 5 nitrogen and oxygen atoms in total. The first kappa shape index (κ1) is 17.1. The number of alkyl halides is 1. The van der Waals surface area contributed by atoms with Gasteiger partial charge in [0.25, 0.3) is 0 Å². The second-order valence-corrected chi connectivity index (χ2v) is 7.02. The Bertz CT molecular complexity index is 619. The summed E-state index contributed by atoms with van der Waals surface area (Å²) in [5.41, 5.74) is 1.81. The van der Waals surface area contributed by atoms with Gasteiger partial charge in [0, 0.05) is 18.5 Å². The number of benzene rings is 1. The van der Waals surface area contributed by atoms with Crippen molar-refractivity contribution in [3.8, 4) is 5.75 Å². The number of hydrogen-bond acceptors (Lipinski definition) is 4. The lowest BCUT2D eigenvalue weighted by Crippen LogP contribution is -2.38. The molecule has 1 saturated heterocycles. The summed E-state index contributed by atoms with van der Waals surface area (Å²) < 4.78 is 20.4. The summed E-state index contributed by atoms with van der Waals surface area (Å²) >= 11 is 0.